The van der Waals surface area contributed by atoms with E-state index in [9.17, 15) is 19.8 Å². The van der Waals surface area contributed by atoms with Gasteiger partial charge in [0.15, 0.2) is 22.4 Å². The van der Waals surface area contributed by atoms with Gasteiger partial charge in [0.25, 0.3) is 5.91 Å². The third-order valence-electron chi connectivity index (χ3n) is 5.59. The van der Waals surface area contributed by atoms with Crippen molar-refractivity contribution in [3.63, 3.8) is 0 Å². The number of ether oxygens (including phenoxy) is 2. The quantitative estimate of drug-likeness (QED) is 0.328. The monoisotopic (exact) mass is 508 g/mol. The Morgan fingerprint density at radius 1 is 1.17 bits per heavy atom. The van der Waals surface area contributed by atoms with Gasteiger partial charge in [-0.25, -0.2) is 4.98 Å². The highest BCUT2D eigenvalue weighted by atomic mass is 32.1. The number of aliphatic hydroxyl groups is 1. The summed E-state index contributed by atoms with van der Waals surface area (Å²) < 4.78 is 11.6. The first kappa shape index (κ1) is 22.9. The topological polar surface area (TPSA) is 109 Å². The molecule has 1 atom stereocenters. The molecule has 0 radical (unpaired) electrons. The molecular weight excluding hydrogens is 488 g/mol. The molecule has 1 unspecified atom stereocenters. The zero-order valence-corrected chi connectivity index (χ0v) is 20.4. The fraction of sp³-hybridized carbons (Fsp3) is 0.160. The van der Waals surface area contributed by atoms with Crippen molar-refractivity contribution in [3.8, 4) is 17.2 Å². The molecule has 10 heteroatoms. The highest BCUT2D eigenvalue weighted by Crippen LogP contribution is 2.46. The molecule has 2 N–H and O–H groups in total. The molecule has 2 aromatic heterocycles. The van der Waals surface area contributed by atoms with Gasteiger partial charge in [0.2, 0.25) is 5.78 Å². The molecule has 0 aliphatic carbocycles. The first-order valence-electron chi connectivity index (χ1n) is 10.7. The molecule has 3 heterocycles. The van der Waals surface area contributed by atoms with Crippen molar-refractivity contribution in [3.05, 3.63) is 75.7 Å². The number of carbonyl (C=O) groups excluding carboxylic acids is 2. The number of thiophene rings is 1. The van der Waals surface area contributed by atoms with Crippen LogP contribution in [0.25, 0.3) is 10.2 Å². The zero-order valence-electron chi connectivity index (χ0n) is 18.7. The maximum Gasteiger partial charge on any atom is 0.296 e. The summed E-state index contributed by atoms with van der Waals surface area (Å²) in [6.45, 7) is 2.09. The number of fused-ring (bicyclic) bond motifs is 1. The van der Waals surface area contributed by atoms with Crippen molar-refractivity contribution in [1.29, 1.82) is 0 Å². The number of amides is 1. The molecule has 0 saturated carbocycles. The largest absolute Gasteiger partial charge is 0.504 e. The van der Waals surface area contributed by atoms with Gasteiger partial charge < -0.3 is 19.7 Å². The standard InChI is InChI=1S/C25H20N2O6S2/c1-3-33-17-11-13(6-9-16(17)28)21-20(22(29)18-5-4-10-34-18)23(30)24(31)27(21)25-26-15-8-7-14(32-2)12-19(15)35-25/h4-12,21,28,30H,3H2,1-2H3. The van der Waals surface area contributed by atoms with Crippen LogP contribution in [0.4, 0.5) is 5.13 Å². The van der Waals surface area contributed by atoms with E-state index in [1.807, 2.05) is 6.07 Å². The lowest BCUT2D eigenvalue weighted by molar-refractivity contribution is -0.117. The molecule has 1 aliphatic rings. The van der Waals surface area contributed by atoms with E-state index in [0.717, 1.165) is 4.70 Å². The number of aliphatic hydroxyl groups excluding tert-OH is 1. The average molecular weight is 509 g/mol. The second-order valence-corrected chi connectivity index (χ2v) is 9.59. The Labute approximate surface area is 208 Å². The Morgan fingerprint density at radius 2 is 2.00 bits per heavy atom. The minimum absolute atomic E-state index is 0.0533. The molecule has 8 nitrogen and oxygen atoms in total. The van der Waals surface area contributed by atoms with Crippen LogP contribution in [-0.4, -0.2) is 40.6 Å². The Morgan fingerprint density at radius 3 is 2.71 bits per heavy atom. The van der Waals surface area contributed by atoms with Crippen LogP contribution >= 0.6 is 22.7 Å². The molecule has 5 rings (SSSR count). The number of Topliss-reactive ketones (excluding diaryl/α,β-unsaturated/α-hetero) is 1. The van der Waals surface area contributed by atoms with Gasteiger partial charge in [0, 0.05) is 0 Å². The number of rotatable bonds is 7. The first-order chi connectivity index (χ1) is 16.9. The van der Waals surface area contributed by atoms with Crippen LogP contribution in [0.3, 0.4) is 0 Å². The summed E-state index contributed by atoms with van der Waals surface area (Å²) in [4.78, 5) is 33.2. The minimum atomic E-state index is -0.973. The zero-order chi connectivity index (χ0) is 24.7. The van der Waals surface area contributed by atoms with Gasteiger partial charge in [-0.3, -0.25) is 14.5 Å². The Kier molecular flexibility index (Phi) is 5.91. The number of nitrogens with zero attached hydrogens (tertiary/aromatic N) is 2. The summed E-state index contributed by atoms with van der Waals surface area (Å²) in [5.74, 6) is -1.03. The second kappa shape index (κ2) is 9.05. The highest BCUT2D eigenvalue weighted by Gasteiger charge is 2.46. The average Bonchev–Trinajstić information content (AvgIpc) is 3.59. The van der Waals surface area contributed by atoms with E-state index in [4.69, 9.17) is 9.47 Å². The number of methoxy groups -OCH3 is 1. The summed E-state index contributed by atoms with van der Waals surface area (Å²) in [6.07, 6.45) is 0. The van der Waals surface area contributed by atoms with Crippen LogP contribution in [-0.2, 0) is 4.79 Å². The fourth-order valence-electron chi connectivity index (χ4n) is 3.99. The van der Waals surface area contributed by atoms with Crippen LogP contribution in [0.15, 0.2) is 65.2 Å². The highest BCUT2D eigenvalue weighted by molar-refractivity contribution is 7.22. The van der Waals surface area contributed by atoms with Gasteiger partial charge in [0.1, 0.15) is 5.75 Å². The number of aromatic hydroxyl groups is 1. The summed E-state index contributed by atoms with van der Waals surface area (Å²) in [7, 11) is 1.56. The van der Waals surface area contributed by atoms with E-state index < -0.39 is 23.5 Å². The third-order valence-corrected chi connectivity index (χ3v) is 7.47. The Hall–Kier alpha value is -3.89. The Bertz CT molecular complexity index is 1470. The lowest BCUT2D eigenvalue weighted by Gasteiger charge is -2.25. The SMILES string of the molecule is CCOc1cc(C2C(C(=O)c3cccs3)=C(O)C(=O)N2c2nc3ccc(OC)cc3s2)ccc1O. The molecule has 2 aromatic carbocycles. The van der Waals surface area contributed by atoms with E-state index in [1.54, 1.807) is 55.8 Å². The maximum atomic E-state index is 13.5. The number of aromatic nitrogens is 1. The molecule has 35 heavy (non-hydrogen) atoms. The van der Waals surface area contributed by atoms with E-state index in [1.165, 1.54) is 33.6 Å². The molecule has 0 fully saturated rings. The van der Waals surface area contributed by atoms with Crippen LogP contribution in [0.5, 0.6) is 17.2 Å². The lowest BCUT2D eigenvalue weighted by Crippen LogP contribution is -2.30. The van der Waals surface area contributed by atoms with Crippen molar-refractivity contribution in [1.82, 2.24) is 4.98 Å². The molecule has 0 saturated heterocycles. The van der Waals surface area contributed by atoms with Crippen molar-refractivity contribution in [2.75, 3.05) is 18.6 Å². The van der Waals surface area contributed by atoms with E-state index in [0.29, 0.717) is 33.4 Å². The number of phenols is 1. The number of phenolic OH excluding ortho intramolecular Hbond substituents is 1. The van der Waals surface area contributed by atoms with Gasteiger partial charge in [0.05, 0.1) is 40.4 Å². The summed E-state index contributed by atoms with van der Waals surface area (Å²) >= 11 is 2.46. The molecule has 1 aliphatic heterocycles. The van der Waals surface area contributed by atoms with Gasteiger partial charge in [-0.1, -0.05) is 23.5 Å². The normalized spacial score (nSPS) is 15.8. The molecule has 178 valence electrons. The van der Waals surface area contributed by atoms with E-state index in [2.05, 4.69) is 4.98 Å². The number of anilines is 1. The van der Waals surface area contributed by atoms with E-state index >= 15 is 0 Å². The number of benzene rings is 2. The predicted octanol–water partition coefficient (Wildman–Crippen LogP) is 5.25. The van der Waals surface area contributed by atoms with Crippen LogP contribution in [0, 0.1) is 0 Å². The van der Waals surface area contributed by atoms with Gasteiger partial charge in [-0.15, -0.1) is 11.3 Å². The van der Waals surface area contributed by atoms with Gasteiger partial charge >= 0.3 is 0 Å². The molecule has 1 amide bonds. The number of ketones is 1. The van der Waals surface area contributed by atoms with Crippen molar-refractivity contribution >= 4 is 49.7 Å². The third kappa shape index (κ3) is 3.90. The number of hydrogen-bond acceptors (Lipinski definition) is 9. The van der Waals surface area contributed by atoms with Gasteiger partial charge in [-0.2, -0.15) is 0 Å². The fourth-order valence-corrected chi connectivity index (χ4v) is 5.68. The van der Waals surface area contributed by atoms with E-state index in [-0.39, 0.29) is 17.1 Å². The van der Waals surface area contributed by atoms with Crippen molar-refractivity contribution in [2.24, 2.45) is 0 Å². The van der Waals surface area contributed by atoms with Crippen LogP contribution in [0.1, 0.15) is 28.2 Å². The van der Waals surface area contributed by atoms with Crippen LogP contribution < -0.4 is 14.4 Å². The predicted molar refractivity (Wildman–Crippen MR) is 134 cm³/mol. The lowest BCUT2D eigenvalue weighted by atomic mass is 9.95. The summed E-state index contributed by atoms with van der Waals surface area (Å²) in [5.41, 5.74) is 1.08. The smallest absolute Gasteiger partial charge is 0.296 e. The van der Waals surface area contributed by atoms with Crippen molar-refractivity contribution in [2.45, 2.75) is 13.0 Å². The molecule has 0 spiro atoms. The first-order valence-corrected chi connectivity index (χ1v) is 12.4. The Balaban J connectivity index is 1.68. The minimum Gasteiger partial charge on any atom is -0.504 e. The summed E-state index contributed by atoms with van der Waals surface area (Å²) in [5, 5.41) is 23.2. The van der Waals surface area contributed by atoms with Crippen molar-refractivity contribution < 1.29 is 29.3 Å². The second-order valence-electron chi connectivity index (χ2n) is 7.64. The molecule has 0 bridgehead atoms. The summed E-state index contributed by atoms with van der Waals surface area (Å²) in [6, 6.07) is 12.4. The number of hydrogen-bond donors (Lipinski definition) is 2. The maximum absolute atomic E-state index is 13.5. The number of carbonyl (C=O) groups is 2. The number of thiazole rings is 1. The van der Waals surface area contributed by atoms with Gasteiger partial charge in [-0.05, 0) is 54.3 Å². The molecular formula is C25H20N2O6S2. The van der Waals surface area contributed by atoms with Crippen LogP contribution in [0.2, 0.25) is 0 Å². The molecule has 4 aromatic rings.